The van der Waals surface area contributed by atoms with Crippen LogP contribution in [-0.2, 0) is 0 Å². The largest absolute Gasteiger partial charge is 0.507 e. The summed E-state index contributed by atoms with van der Waals surface area (Å²) in [6.07, 6.45) is 3.19. The number of aliphatic hydroxyl groups is 1. The van der Waals surface area contributed by atoms with Gasteiger partial charge < -0.3 is 10.8 Å². The van der Waals surface area contributed by atoms with E-state index in [9.17, 15) is 14.7 Å². The van der Waals surface area contributed by atoms with Crippen LogP contribution in [0.5, 0.6) is 0 Å². The van der Waals surface area contributed by atoms with E-state index >= 15 is 0 Å². The second kappa shape index (κ2) is 4.20. The Hall–Kier alpha value is -2.62. The standard InChI is InChI=1S/C16H13NO3/c1-8-6-11(17)13-14(12(18)7-8)16(20)10-5-3-2-4-9(10)15(13)19/h2-8,18H,17H2,1H3. The average molecular weight is 267 g/mol. The van der Waals surface area contributed by atoms with Crippen molar-refractivity contribution in [2.45, 2.75) is 6.92 Å². The lowest BCUT2D eigenvalue weighted by Gasteiger charge is -2.20. The molecule has 0 aliphatic heterocycles. The van der Waals surface area contributed by atoms with Gasteiger partial charge in [0.15, 0.2) is 11.6 Å². The predicted molar refractivity (Wildman–Crippen MR) is 74.3 cm³/mol. The Morgan fingerprint density at radius 2 is 1.55 bits per heavy atom. The molecule has 1 unspecified atom stereocenters. The van der Waals surface area contributed by atoms with E-state index in [1.165, 1.54) is 6.08 Å². The number of hydrogen-bond acceptors (Lipinski definition) is 4. The molecule has 1 aromatic rings. The minimum absolute atomic E-state index is 0.00630. The SMILES string of the molecule is CC1C=C(N)C2=C(C(=O)c3ccccc3C2=O)C(O)=C1. The topological polar surface area (TPSA) is 80.4 Å². The lowest BCUT2D eigenvalue weighted by atomic mass is 9.82. The van der Waals surface area contributed by atoms with Crippen molar-refractivity contribution in [3.05, 3.63) is 70.1 Å². The van der Waals surface area contributed by atoms with Crippen molar-refractivity contribution in [3.63, 3.8) is 0 Å². The van der Waals surface area contributed by atoms with E-state index in [1.807, 2.05) is 6.92 Å². The van der Waals surface area contributed by atoms with Crippen LogP contribution in [0.25, 0.3) is 0 Å². The summed E-state index contributed by atoms with van der Waals surface area (Å²) in [5.41, 5.74) is 6.92. The molecule has 0 aromatic heterocycles. The first-order chi connectivity index (χ1) is 9.50. The van der Waals surface area contributed by atoms with E-state index in [2.05, 4.69) is 0 Å². The highest BCUT2D eigenvalue weighted by Crippen LogP contribution is 2.34. The third-order valence-corrected chi connectivity index (χ3v) is 3.53. The second-order valence-electron chi connectivity index (χ2n) is 4.99. The monoisotopic (exact) mass is 267 g/mol. The molecule has 0 amide bonds. The summed E-state index contributed by atoms with van der Waals surface area (Å²) < 4.78 is 0. The van der Waals surface area contributed by atoms with Crippen LogP contribution in [0.4, 0.5) is 0 Å². The second-order valence-corrected chi connectivity index (χ2v) is 4.99. The normalized spacial score (nSPS) is 21.8. The molecule has 0 spiro atoms. The number of allylic oxidation sites excluding steroid dienone is 4. The number of ketones is 2. The Labute approximate surface area is 115 Å². The van der Waals surface area contributed by atoms with Crippen LogP contribution in [0.2, 0.25) is 0 Å². The molecule has 0 radical (unpaired) electrons. The highest BCUT2D eigenvalue weighted by molar-refractivity contribution is 6.29. The summed E-state index contributed by atoms with van der Waals surface area (Å²) in [5.74, 6) is -1.02. The maximum Gasteiger partial charge on any atom is 0.198 e. The summed E-state index contributed by atoms with van der Waals surface area (Å²) in [4.78, 5) is 25.1. The molecule has 100 valence electrons. The van der Waals surface area contributed by atoms with Gasteiger partial charge in [0, 0.05) is 16.8 Å². The van der Waals surface area contributed by atoms with Gasteiger partial charge in [0.25, 0.3) is 0 Å². The number of hydrogen-bond donors (Lipinski definition) is 2. The maximum absolute atomic E-state index is 12.5. The van der Waals surface area contributed by atoms with E-state index in [1.54, 1.807) is 30.3 Å². The summed E-state index contributed by atoms with van der Waals surface area (Å²) in [7, 11) is 0. The van der Waals surface area contributed by atoms with E-state index < -0.39 is 0 Å². The Morgan fingerprint density at radius 3 is 2.15 bits per heavy atom. The van der Waals surface area contributed by atoms with E-state index in [0.29, 0.717) is 11.1 Å². The quantitative estimate of drug-likeness (QED) is 0.755. The minimum Gasteiger partial charge on any atom is -0.507 e. The Morgan fingerprint density at radius 1 is 1.00 bits per heavy atom. The van der Waals surface area contributed by atoms with Gasteiger partial charge in [0.1, 0.15) is 5.76 Å². The van der Waals surface area contributed by atoms with Crippen molar-refractivity contribution in [1.82, 2.24) is 0 Å². The first-order valence-corrected chi connectivity index (χ1v) is 6.32. The first kappa shape index (κ1) is 12.4. The Kier molecular flexibility index (Phi) is 2.61. The molecule has 4 heteroatoms. The van der Waals surface area contributed by atoms with Gasteiger partial charge in [0.05, 0.1) is 11.1 Å². The van der Waals surface area contributed by atoms with Crippen LogP contribution in [0.15, 0.2) is 59.0 Å². The van der Waals surface area contributed by atoms with Crippen LogP contribution in [0, 0.1) is 5.92 Å². The van der Waals surface area contributed by atoms with E-state index in [-0.39, 0.29) is 40.1 Å². The van der Waals surface area contributed by atoms with Gasteiger partial charge in [-0.25, -0.2) is 0 Å². The minimum atomic E-state index is -0.366. The van der Waals surface area contributed by atoms with E-state index in [4.69, 9.17) is 5.73 Å². The number of rotatable bonds is 0. The van der Waals surface area contributed by atoms with E-state index in [0.717, 1.165) is 0 Å². The summed E-state index contributed by atoms with van der Waals surface area (Å²) in [6, 6.07) is 6.57. The molecule has 4 nitrogen and oxygen atoms in total. The van der Waals surface area contributed by atoms with Gasteiger partial charge in [-0.05, 0) is 12.0 Å². The molecule has 1 atom stereocenters. The van der Waals surface area contributed by atoms with Gasteiger partial charge in [-0.3, -0.25) is 9.59 Å². The highest BCUT2D eigenvalue weighted by atomic mass is 16.3. The third-order valence-electron chi connectivity index (χ3n) is 3.53. The molecule has 2 aliphatic carbocycles. The zero-order chi connectivity index (χ0) is 14.4. The molecule has 0 saturated heterocycles. The summed E-state index contributed by atoms with van der Waals surface area (Å²) >= 11 is 0. The first-order valence-electron chi connectivity index (χ1n) is 6.32. The van der Waals surface area contributed by atoms with Crippen LogP contribution in [0.3, 0.4) is 0 Å². The van der Waals surface area contributed by atoms with Crippen molar-refractivity contribution in [1.29, 1.82) is 0 Å². The fourth-order valence-electron chi connectivity index (χ4n) is 2.64. The van der Waals surface area contributed by atoms with Crippen LogP contribution in [0.1, 0.15) is 27.6 Å². The van der Waals surface area contributed by atoms with Gasteiger partial charge >= 0.3 is 0 Å². The molecular weight excluding hydrogens is 254 g/mol. The zero-order valence-electron chi connectivity index (χ0n) is 10.9. The molecular formula is C16H13NO3. The van der Waals surface area contributed by atoms with Crippen LogP contribution < -0.4 is 5.73 Å². The molecule has 3 N–H and O–H groups in total. The van der Waals surface area contributed by atoms with Crippen molar-refractivity contribution >= 4 is 11.6 Å². The number of nitrogens with two attached hydrogens (primary N) is 1. The van der Waals surface area contributed by atoms with Gasteiger partial charge in [-0.2, -0.15) is 0 Å². The maximum atomic E-state index is 12.5. The molecule has 0 heterocycles. The molecule has 1 aromatic carbocycles. The number of carbonyl (C=O) groups is 2. The van der Waals surface area contributed by atoms with Gasteiger partial charge in [-0.1, -0.05) is 37.3 Å². The van der Waals surface area contributed by atoms with Gasteiger partial charge in [0.2, 0.25) is 0 Å². The third kappa shape index (κ3) is 1.61. The lowest BCUT2D eigenvalue weighted by Crippen LogP contribution is -2.25. The molecule has 3 rings (SSSR count). The summed E-state index contributed by atoms with van der Waals surface area (Å²) in [6.45, 7) is 1.82. The Bertz CT molecular complexity index is 677. The van der Waals surface area contributed by atoms with Gasteiger partial charge in [-0.15, -0.1) is 0 Å². The fraction of sp³-hybridized carbons (Fsp3) is 0.125. The number of carbonyl (C=O) groups excluding carboxylic acids is 2. The number of benzene rings is 1. The average Bonchev–Trinajstić information content (AvgIpc) is 2.52. The number of aliphatic hydroxyl groups excluding tert-OH is 1. The van der Waals surface area contributed by atoms with Crippen LogP contribution in [-0.4, -0.2) is 16.7 Å². The summed E-state index contributed by atoms with van der Waals surface area (Å²) in [5, 5.41) is 10.1. The number of Topliss-reactive ketones (excluding diaryl/α,β-unsaturated/α-hetero) is 2. The van der Waals surface area contributed by atoms with Crippen molar-refractivity contribution in [2.75, 3.05) is 0 Å². The van der Waals surface area contributed by atoms with Crippen molar-refractivity contribution in [3.8, 4) is 0 Å². The molecule has 0 fully saturated rings. The molecule has 2 aliphatic rings. The van der Waals surface area contributed by atoms with Crippen molar-refractivity contribution < 1.29 is 14.7 Å². The number of fused-ring (bicyclic) bond motifs is 1. The molecule has 0 bridgehead atoms. The Balaban J connectivity index is 2.33. The lowest BCUT2D eigenvalue weighted by molar-refractivity contribution is 0.0973. The fourth-order valence-corrected chi connectivity index (χ4v) is 2.64. The zero-order valence-corrected chi connectivity index (χ0v) is 10.9. The van der Waals surface area contributed by atoms with Crippen LogP contribution >= 0.6 is 0 Å². The molecule has 20 heavy (non-hydrogen) atoms. The smallest absolute Gasteiger partial charge is 0.198 e. The highest BCUT2D eigenvalue weighted by Gasteiger charge is 2.36. The van der Waals surface area contributed by atoms with Crippen molar-refractivity contribution in [2.24, 2.45) is 11.7 Å². The molecule has 0 saturated carbocycles. The predicted octanol–water partition coefficient (Wildman–Crippen LogP) is 2.30.